The number of fused-ring (bicyclic) bond motifs is 1. The molecule has 0 radical (unpaired) electrons. The van der Waals surface area contributed by atoms with E-state index in [1.54, 1.807) is 18.2 Å². The lowest BCUT2D eigenvalue weighted by atomic mass is 9.79. The molecule has 0 aliphatic carbocycles. The number of carbonyl (C=O) groups excluding carboxylic acids is 3. The third kappa shape index (κ3) is 9.60. The second-order valence-corrected chi connectivity index (χ2v) is 18.9. The van der Waals surface area contributed by atoms with Crippen LogP contribution in [-0.4, -0.2) is 22.6 Å². The van der Waals surface area contributed by atoms with Crippen molar-refractivity contribution in [2.24, 2.45) is 0 Å². The van der Waals surface area contributed by atoms with Crippen molar-refractivity contribution in [2.45, 2.75) is 131 Å². The van der Waals surface area contributed by atoms with Gasteiger partial charge in [-0.05, 0) is 90.9 Å². The van der Waals surface area contributed by atoms with Crippen LogP contribution in [0.2, 0.25) is 0 Å². The van der Waals surface area contributed by atoms with Gasteiger partial charge in [0, 0.05) is 18.7 Å². The highest BCUT2D eigenvalue weighted by Crippen LogP contribution is 2.34. The van der Waals surface area contributed by atoms with Gasteiger partial charge >= 0.3 is 0 Å². The molecular weight excluding hydrogens is 673 g/mol. The molecule has 7 nitrogen and oxygen atoms in total. The van der Waals surface area contributed by atoms with Crippen molar-refractivity contribution in [1.82, 2.24) is 4.90 Å². The van der Waals surface area contributed by atoms with Gasteiger partial charge in [0.05, 0.1) is 17.7 Å². The van der Waals surface area contributed by atoms with Gasteiger partial charge in [-0.15, -0.1) is 0 Å². The van der Waals surface area contributed by atoms with E-state index in [1.165, 1.54) is 34.1 Å². The number of benzene rings is 4. The van der Waals surface area contributed by atoms with Crippen LogP contribution >= 0.6 is 0 Å². The Labute approximate surface area is 322 Å². The summed E-state index contributed by atoms with van der Waals surface area (Å²) < 4.78 is 13.0. The van der Waals surface area contributed by atoms with E-state index in [4.69, 9.17) is 9.47 Å². The van der Waals surface area contributed by atoms with Crippen LogP contribution in [0.15, 0.2) is 72.8 Å². The van der Waals surface area contributed by atoms with Crippen LogP contribution in [0.5, 0.6) is 11.5 Å². The van der Waals surface area contributed by atoms with Gasteiger partial charge in [-0.1, -0.05) is 119 Å². The quantitative estimate of drug-likeness (QED) is 0.173. The first-order valence-electron chi connectivity index (χ1n) is 18.9. The predicted molar refractivity (Wildman–Crippen MR) is 218 cm³/mol. The molecule has 0 fully saturated rings. The molecule has 0 spiro atoms. The van der Waals surface area contributed by atoms with Gasteiger partial charge in [-0.2, -0.15) is 0 Å². The normalized spacial score (nSPS) is 13.6. The number of hydrogen-bond acceptors (Lipinski definition) is 5. The standard InChI is InChI=1S/C47H58N2O5/c1-29(50)48-37-14-15-40-41(24-37)43(52)49(42(40)51)26-30-20-38(53-27-31-16-33(44(2,3)4)22-34(17-31)45(5,6)7)25-39(21-30)54-28-32-18-35(46(8,9)10)23-36(19-32)47(11,12)13/h14-25H,26-28H2,1-13H3,(H,48,50). The number of nitrogens with one attached hydrogen (secondary N) is 1. The largest absolute Gasteiger partial charge is 0.489 e. The summed E-state index contributed by atoms with van der Waals surface area (Å²) in [7, 11) is 0. The molecule has 0 aromatic heterocycles. The highest BCUT2D eigenvalue weighted by molar-refractivity contribution is 6.21. The molecule has 0 bridgehead atoms. The van der Waals surface area contributed by atoms with Gasteiger partial charge in [0.2, 0.25) is 5.91 Å². The van der Waals surface area contributed by atoms with E-state index in [2.05, 4.69) is 125 Å². The van der Waals surface area contributed by atoms with Gasteiger partial charge in [0.15, 0.2) is 0 Å². The van der Waals surface area contributed by atoms with E-state index < -0.39 is 5.91 Å². The molecule has 0 atom stereocenters. The molecule has 1 aliphatic rings. The van der Waals surface area contributed by atoms with Crippen LogP contribution in [0.25, 0.3) is 0 Å². The molecule has 4 aromatic rings. The van der Waals surface area contributed by atoms with Crippen molar-refractivity contribution in [2.75, 3.05) is 5.32 Å². The Bertz CT molecular complexity index is 1920. The predicted octanol–water partition coefficient (Wildman–Crippen LogP) is 10.8. The topological polar surface area (TPSA) is 84.9 Å². The highest BCUT2D eigenvalue weighted by Gasteiger charge is 2.36. The van der Waals surface area contributed by atoms with Gasteiger partial charge in [0.1, 0.15) is 24.7 Å². The summed E-state index contributed by atoms with van der Waals surface area (Å²) in [6.45, 7) is 28.7. The fourth-order valence-corrected chi connectivity index (χ4v) is 6.40. The van der Waals surface area contributed by atoms with E-state index in [0.29, 0.717) is 41.5 Å². The smallest absolute Gasteiger partial charge is 0.261 e. The lowest BCUT2D eigenvalue weighted by molar-refractivity contribution is -0.114. The second-order valence-electron chi connectivity index (χ2n) is 18.9. The maximum absolute atomic E-state index is 13.6. The van der Waals surface area contributed by atoms with Crippen molar-refractivity contribution in [3.05, 3.63) is 123 Å². The molecule has 5 rings (SSSR count). The fourth-order valence-electron chi connectivity index (χ4n) is 6.40. The van der Waals surface area contributed by atoms with E-state index in [-0.39, 0.29) is 45.6 Å². The number of nitrogens with zero attached hydrogens (tertiary/aromatic N) is 1. The molecule has 1 aliphatic heterocycles. The summed E-state index contributed by atoms with van der Waals surface area (Å²) in [4.78, 5) is 40.1. The molecule has 54 heavy (non-hydrogen) atoms. The van der Waals surface area contributed by atoms with E-state index >= 15 is 0 Å². The average Bonchev–Trinajstić information content (AvgIpc) is 3.28. The van der Waals surface area contributed by atoms with Crippen LogP contribution in [-0.2, 0) is 46.2 Å². The van der Waals surface area contributed by atoms with Crippen molar-refractivity contribution in [3.8, 4) is 11.5 Å². The number of imide groups is 1. The van der Waals surface area contributed by atoms with Crippen LogP contribution in [0.1, 0.15) is 150 Å². The van der Waals surface area contributed by atoms with Crippen LogP contribution < -0.4 is 14.8 Å². The monoisotopic (exact) mass is 730 g/mol. The van der Waals surface area contributed by atoms with Crippen LogP contribution in [0.3, 0.4) is 0 Å². The second kappa shape index (κ2) is 14.7. The Morgan fingerprint density at radius 2 is 0.944 bits per heavy atom. The van der Waals surface area contributed by atoms with Crippen molar-refractivity contribution in [3.63, 3.8) is 0 Å². The van der Waals surface area contributed by atoms with Crippen LogP contribution in [0.4, 0.5) is 5.69 Å². The van der Waals surface area contributed by atoms with Gasteiger partial charge in [-0.3, -0.25) is 19.3 Å². The Hall–Kier alpha value is -4.91. The Balaban J connectivity index is 1.49. The Morgan fingerprint density at radius 3 is 1.33 bits per heavy atom. The summed E-state index contributed by atoms with van der Waals surface area (Å²) in [6.07, 6.45) is 0. The summed E-state index contributed by atoms with van der Waals surface area (Å²) in [5.74, 6) is 0.0834. The molecular formula is C47H58N2O5. The number of hydrogen-bond donors (Lipinski definition) is 1. The van der Waals surface area contributed by atoms with Crippen LogP contribution in [0, 0.1) is 0 Å². The third-order valence-electron chi connectivity index (χ3n) is 9.83. The molecule has 0 saturated heterocycles. The summed E-state index contributed by atoms with van der Waals surface area (Å²) in [5.41, 5.74) is 8.65. The summed E-state index contributed by atoms with van der Waals surface area (Å²) in [6, 6.07) is 23.8. The number of amides is 3. The number of carbonyl (C=O) groups is 3. The minimum Gasteiger partial charge on any atom is -0.489 e. The average molecular weight is 731 g/mol. The first-order valence-corrected chi connectivity index (χ1v) is 18.9. The lowest BCUT2D eigenvalue weighted by Gasteiger charge is -2.26. The Morgan fingerprint density at radius 1 is 0.537 bits per heavy atom. The fraction of sp³-hybridized carbons (Fsp3) is 0.426. The molecule has 3 amide bonds. The molecule has 7 heteroatoms. The molecule has 286 valence electrons. The van der Waals surface area contributed by atoms with E-state index in [1.807, 2.05) is 18.2 Å². The molecule has 4 aromatic carbocycles. The number of anilines is 1. The van der Waals surface area contributed by atoms with Crippen molar-refractivity contribution >= 4 is 23.4 Å². The Kier molecular flexibility index (Phi) is 11.0. The molecule has 0 unspecified atom stereocenters. The van der Waals surface area contributed by atoms with Gasteiger partial charge < -0.3 is 14.8 Å². The van der Waals surface area contributed by atoms with Crippen molar-refractivity contribution < 1.29 is 23.9 Å². The molecule has 0 saturated carbocycles. The van der Waals surface area contributed by atoms with Gasteiger partial charge in [0.25, 0.3) is 11.8 Å². The zero-order chi connectivity index (χ0) is 40.0. The lowest BCUT2D eigenvalue weighted by Crippen LogP contribution is -2.29. The molecule has 1 heterocycles. The van der Waals surface area contributed by atoms with Gasteiger partial charge in [-0.25, -0.2) is 0 Å². The highest BCUT2D eigenvalue weighted by atomic mass is 16.5. The maximum atomic E-state index is 13.6. The number of rotatable bonds is 9. The zero-order valence-electron chi connectivity index (χ0n) is 34.5. The zero-order valence-corrected chi connectivity index (χ0v) is 34.5. The summed E-state index contributed by atoms with van der Waals surface area (Å²) >= 11 is 0. The first kappa shape index (κ1) is 40.3. The minimum atomic E-state index is -0.418. The maximum Gasteiger partial charge on any atom is 0.261 e. The van der Waals surface area contributed by atoms with E-state index in [9.17, 15) is 14.4 Å². The summed E-state index contributed by atoms with van der Waals surface area (Å²) in [5, 5.41) is 2.70. The number of ether oxygens (including phenoxy) is 2. The third-order valence-corrected chi connectivity index (χ3v) is 9.83. The van der Waals surface area contributed by atoms with Crippen molar-refractivity contribution in [1.29, 1.82) is 0 Å². The minimum absolute atomic E-state index is 0.0245. The SMILES string of the molecule is CC(=O)Nc1ccc2c(c1)C(=O)N(Cc1cc(OCc3cc(C(C)(C)C)cc(C(C)(C)C)c3)cc(OCc3cc(C(C)(C)C)cc(C(C)(C)C)c3)c1)C2=O. The molecule has 1 N–H and O–H groups in total. The first-order chi connectivity index (χ1) is 24.9. The van der Waals surface area contributed by atoms with E-state index in [0.717, 1.165) is 11.1 Å².